The lowest BCUT2D eigenvalue weighted by molar-refractivity contribution is -0.116. The lowest BCUT2D eigenvalue weighted by Gasteiger charge is -2.45. The highest BCUT2D eigenvalue weighted by molar-refractivity contribution is 6.00. The lowest BCUT2D eigenvalue weighted by atomic mass is 9.83. The third-order valence-electron chi connectivity index (χ3n) is 5.24. The van der Waals surface area contributed by atoms with Crippen LogP contribution in [0.3, 0.4) is 0 Å². The molecule has 102 valence electrons. The minimum absolute atomic E-state index is 0.0330. The van der Waals surface area contributed by atoms with Crippen molar-refractivity contribution in [2.75, 3.05) is 0 Å². The van der Waals surface area contributed by atoms with E-state index in [1.807, 2.05) is 6.92 Å². The molecular weight excluding hydrogens is 222 g/mol. The summed E-state index contributed by atoms with van der Waals surface area (Å²) in [5, 5.41) is 0. The quantitative estimate of drug-likeness (QED) is 0.760. The molecule has 18 heavy (non-hydrogen) atoms. The number of likely N-dealkylation sites (tertiary alicyclic amines) is 1. The molecule has 0 radical (unpaired) electrons. The minimum Gasteiger partial charge on any atom is -0.294 e. The zero-order valence-corrected chi connectivity index (χ0v) is 12.5. The van der Waals surface area contributed by atoms with E-state index in [-0.39, 0.29) is 5.54 Å². The summed E-state index contributed by atoms with van der Waals surface area (Å²) >= 11 is 0. The second kappa shape index (κ2) is 4.80. The van der Waals surface area contributed by atoms with E-state index in [4.69, 9.17) is 0 Å². The summed E-state index contributed by atoms with van der Waals surface area (Å²) in [5.41, 5.74) is 2.40. The Morgan fingerprint density at radius 2 is 1.78 bits per heavy atom. The van der Waals surface area contributed by atoms with Gasteiger partial charge in [0.2, 0.25) is 0 Å². The Morgan fingerprint density at radius 1 is 1.22 bits per heavy atom. The fraction of sp³-hybridized carbons (Fsp3) is 0.812. The summed E-state index contributed by atoms with van der Waals surface area (Å²) in [6.07, 6.45) is 5.53. The van der Waals surface area contributed by atoms with Crippen LogP contribution in [0.1, 0.15) is 66.7 Å². The average Bonchev–Trinajstić information content (AvgIpc) is 2.75. The molecule has 1 saturated heterocycles. The predicted molar refractivity (Wildman–Crippen MR) is 75.6 cm³/mol. The fourth-order valence-corrected chi connectivity index (χ4v) is 4.23. The number of nitrogens with zero attached hydrogens (tertiary/aromatic N) is 1. The van der Waals surface area contributed by atoms with E-state index in [0.717, 1.165) is 18.4 Å². The van der Waals surface area contributed by atoms with E-state index in [1.54, 1.807) is 0 Å². The van der Waals surface area contributed by atoms with Crippen LogP contribution in [0.4, 0.5) is 0 Å². The first-order valence-corrected chi connectivity index (χ1v) is 7.43. The molecule has 1 fully saturated rings. The Kier molecular flexibility index (Phi) is 3.68. The molecule has 0 N–H and O–H groups in total. The number of Topliss-reactive ketones (excluding diaryl/α,β-unsaturated/α-hetero) is 1. The first kappa shape index (κ1) is 13.8. The van der Waals surface area contributed by atoms with Crippen LogP contribution in [-0.2, 0) is 4.79 Å². The van der Waals surface area contributed by atoms with Crippen molar-refractivity contribution in [2.24, 2.45) is 0 Å². The largest absolute Gasteiger partial charge is 0.294 e. The Hall–Kier alpha value is -0.630. The summed E-state index contributed by atoms with van der Waals surface area (Å²) in [6.45, 7) is 11.1. The Labute approximate surface area is 111 Å². The predicted octanol–water partition coefficient (Wildman–Crippen LogP) is 3.71. The maximum absolute atomic E-state index is 12.2. The van der Waals surface area contributed by atoms with Gasteiger partial charge >= 0.3 is 0 Å². The van der Waals surface area contributed by atoms with Crippen molar-refractivity contribution in [1.29, 1.82) is 0 Å². The van der Waals surface area contributed by atoms with Gasteiger partial charge in [-0.2, -0.15) is 0 Å². The van der Waals surface area contributed by atoms with Gasteiger partial charge in [0.05, 0.1) is 5.54 Å². The van der Waals surface area contributed by atoms with Crippen LogP contribution in [0.25, 0.3) is 0 Å². The van der Waals surface area contributed by atoms with E-state index in [0.29, 0.717) is 24.3 Å². The monoisotopic (exact) mass is 249 g/mol. The molecule has 0 amide bonds. The van der Waals surface area contributed by atoms with Gasteiger partial charge in [-0.05, 0) is 58.1 Å². The second-order valence-corrected chi connectivity index (χ2v) is 6.31. The van der Waals surface area contributed by atoms with Crippen LogP contribution < -0.4 is 0 Å². The van der Waals surface area contributed by atoms with Crippen molar-refractivity contribution in [2.45, 2.75) is 84.3 Å². The van der Waals surface area contributed by atoms with Gasteiger partial charge in [0, 0.05) is 18.5 Å². The Bertz CT molecular complexity index is 375. The summed E-state index contributed by atoms with van der Waals surface area (Å²) in [6, 6.07) is 1.22. The number of rotatable bonds is 3. The molecule has 2 nitrogen and oxygen atoms in total. The van der Waals surface area contributed by atoms with Crippen molar-refractivity contribution >= 4 is 5.78 Å². The van der Waals surface area contributed by atoms with Crippen LogP contribution in [0, 0.1) is 0 Å². The lowest BCUT2D eigenvalue weighted by Crippen LogP contribution is -2.53. The summed E-state index contributed by atoms with van der Waals surface area (Å²) < 4.78 is 0. The molecule has 0 spiro atoms. The molecular formula is C16H27NO. The number of hydrogen-bond acceptors (Lipinski definition) is 2. The second-order valence-electron chi connectivity index (χ2n) is 6.31. The van der Waals surface area contributed by atoms with Gasteiger partial charge < -0.3 is 0 Å². The standard InChI is InChI=1S/C16H27NO/c1-6-9-16(10-15(18)13(4)14(16)5)17-11(2)7-8-12(17)3/h11-12H,6-10H2,1-5H3/t11-,12-,16?/m1/s1. The van der Waals surface area contributed by atoms with Crippen molar-refractivity contribution in [1.82, 2.24) is 4.90 Å². The van der Waals surface area contributed by atoms with Gasteiger partial charge in [0.25, 0.3) is 0 Å². The maximum Gasteiger partial charge on any atom is 0.160 e. The topological polar surface area (TPSA) is 20.3 Å². The van der Waals surface area contributed by atoms with Crippen LogP contribution in [-0.4, -0.2) is 28.3 Å². The molecule has 1 aliphatic carbocycles. The molecule has 0 aromatic heterocycles. The van der Waals surface area contributed by atoms with E-state index < -0.39 is 0 Å². The van der Waals surface area contributed by atoms with Gasteiger partial charge in [0.1, 0.15) is 0 Å². The molecule has 0 aromatic rings. The number of ketones is 1. The van der Waals surface area contributed by atoms with E-state index in [2.05, 4.69) is 32.6 Å². The van der Waals surface area contributed by atoms with Gasteiger partial charge in [-0.15, -0.1) is 0 Å². The van der Waals surface area contributed by atoms with Crippen LogP contribution in [0.2, 0.25) is 0 Å². The zero-order valence-electron chi connectivity index (χ0n) is 12.5. The summed E-state index contributed by atoms with van der Waals surface area (Å²) in [5.74, 6) is 0.368. The third-order valence-corrected chi connectivity index (χ3v) is 5.24. The zero-order chi connectivity index (χ0) is 13.5. The van der Waals surface area contributed by atoms with Crippen LogP contribution in [0.15, 0.2) is 11.1 Å². The highest BCUT2D eigenvalue weighted by Gasteiger charge is 2.50. The normalized spacial score (nSPS) is 37.9. The molecule has 3 atom stereocenters. The first-order valence-electron chi connectivity index (χ1n) is 7.43. The number of hydrogen-bond donors (Lipinski definition) is 0. The first-order chi connectivity index (χ1) is 8.44. The molecule has 1 aliphatic heterocycles. The molecule has 1 heterocycles. The van der Waals surface area contributed by atoms with Gasteiger partial charge in [-0.3, -0.25) is 9.69 Å². The highest BCUT2D eigenvalue weighted by atomic mass is 16.1. The Morgan fingerprint density at radius 3 is 2.17 bits per heavy atom. The third kappa shape index (κ3) is 1.85. The fourth-order valence-electron chi connectivity index (χ4n) is 4.23. The molecule has 0 saturated carbocycles. The highest BCUT2D eigenvalue weighted by Crippen LogP contribution is 2.46. The van der Waals surface area contributed by atoms with Gasteiger partial charge in [0.15, 0.2) is 5.78 Å². The molecule has 2 aliphatic rings. The van der Waals surface area contributed by atoms with E-state index in [9.17, 15) is 4.79 Å². The van der Waals surface area contributed by atoms with Crippen molar-refractivity contribution < 1.29 is 4.79 Å². The minimum atomic E-state index is 0.0330. The van der Waals surface area contributed by atoms with E-state index in [1.165, 1.54) is 18.4 Å². The van der Waals surface area contributed by atoms with Crippen LogP contribution in [0.5, 0.6) is 0 Å². The molecule has 2 heteroatoms. The van der Waals surface area contributed by atoms with Gasteiger partial charge in [-0.25, -0.2) is 0 Å². The molecule has 0 aromatic carbocycles. The van der Waals surface area contributed by atoms with Crippen molar-refractivity contribution in [3.05, 3.63) is 11.1 Å². The molecule has 0 bridgehead atoms. The molecule has 2 rings (SSSR count). The number of carbonyl (C=O) groups excluding carboxylic acids is 1. The van der Waals surface area contributed by atoms with Gasteiger partial charge in [-0.1, -0.05) is 13.3 Å². The van der Waals surface area contributed by atoms with E-state index >= 15 is 0 Å². The Balaban J connectivity index is 2.43. The summed E-state index contributed by atoms with van der Waals surface area (Å²) in [4.78, 5) is 14.8. The maximum atomic E-state index is 12.2. The van der Waals surface area contributed by atoms with Crippen LogP contribution >= 0.6 is 0 Å². The number of carbonyl (C=O) groups is 1. The number of allylic oxidation sites excluding steroid dienone is 1. The molecule has 1 unspecified atom stereocenters. The summed E-state index contributed by atoms with van der Waals surface area (Å²) in [7, 11) is 0. The van der Waals surface area contributed by atoms with Crippen molar-refractivity contribution in [3.63, 3.8) is 0 Å². The SMILES string of the molecule is CCCC1(N2[C@H](C)CC[C@H]2C)CC(=O)C(C)=C1C. The smallest absolute Gasteiger partial charge is 0.160 e. The average molecular weight is 249 g/mol. The van der Waals surface area contributed by atoms with Crippen molar-refractivity contribution in [3.8, 4) is 0 Å².